The first kappa shape index (κ1) is 12.9. The normalized spacial score (nSPS) is 10.9. The van der Waals surface area contributed by atoms with Gasteiger partial charge in [-0.2, -0.15) is 0 Å². The Morgan fingerprint density at radius 3 is 2.19 bits per heavy atom. The van der Waals surface area contributed by atoms with Crippen molar-refractivity contribution in [3.63, 3.8) is 0 Å². The van der Waals surface area contributed by atoms with Crippen molar-refractivity contribution in [2.45, 2.75) is 0 Å². The van der Waals surface area contributed by atoms with E-state index in [2.05, 4.69) is 0 Å². The highest BCUT2D eigenvalue weighted by Crippen LogP contribution is 2.35. The van der Waals surface area contributed by atoms with Crippen molar-refractivity contribution in [3.05, 3.63) is 46.6 Å². The van der Waals surface area contributed by atoms with Crippen LogP contribution in [-0.2, 0) is 0 Å². The summed E-state index contributed by atoms with van der Waals surface area (Å²) in [5.74, 6) is -1.50. The molecule has 0 aliphatic heterocycles. The molecule has 21 heavy (non-hydrogen) atoms. The van der Waals surface area contributed by atoms with Gasteiger partial charge in [0, 0.05) is 17.7 Å². The standard InChI is InChI=1S/C15H10O6/c16-8-3-1-7(2-4-8)15-14(20)13(19)12-10(18)5-9(17)6-11(12)21-15/h1-6,16-18,20H/i5+1,6+1,9+1,10+1,11+1,12+1. The molecule has 106 valence electrons. The minimum Gasteiger partial charge on any atom is -0.508 e. The molecule has 0 unspecified atom stereocenters. The quantitative estimate of drug-likeness (QED) is 0.547. The number of aromatic hydroxyl groups is 4. The fourth-order valence-corrected chi connectivity index (χ4v) is 2.08. The number of phenols is 3. The van der Waals surface area contributed by atoms with E-state index in [1.165, 1.54) is 30.3 Å². The number of phenolic OH excluding ortho intramolecular Hbond substituents is 3. The molecule has 6 heteroatoms. The van der Waals surface area contributed by atoms with Crippen LogP contribution in [0.2, 0.25) is 0 Å². The van der Waals surface area contributed by atoms with Gasteiger partial charge >= 0.3 is 0 Å². The Labute approximate surface area is 117 Å². The summed E-state index contributed by atoms with van der Waals surface area (Å²) in [7, 11) is 0. The molecule has 6 nitrogen and oxygen atoms in total. The van der Waals surface area contributed by atoms with Crippen LogP contribution in [0.25, 0.3) is 22.3 Å². The third-order valence-electron chi connectivity index (χ3n) is 3.06. The highest BCUT2D eigenvalue weighted by Gasteiger charge is 2.18. The number of hydrogen-bond acceptors (Lipinski definition) is 6. The first-order valence-electron chi connectivity index (χ1n) is 5.98. The number of fused-ring (bicyclic) bond motifs is 1. The summed E-state index contributed by atoms with van der Waals surface area (Å²) in [5.41, 5.74) is -0.498. The van der Waals surface area contributed by atoms with E-state index in [0.29, 0.717) is 5.56 Å². The zero-order valence-electron chi connectivity index (χ0n) is 10.6. The summed E-state index contributed by atoms with van der Waals surface area (Å²) in [6.45, 7) is 0. The monoisotopic (exact) mass is 292 g/mol. The molecule has 0 aliphatic rings. The van der Waals surface area contributed by atoms with E-state index in [-0.39, 0.29) is 28.2 Å². The second-order valence-electron chi connectivity index (χ2n) is 4.49. The van der Waals surface area contributed by atoms with Crippen LogP contribution >= 0.6 is 0 Å². The van der Waals surface area contributed by atoms with Crippen molar-refractivity contribution in [1.82, 2.24) is 0 Å². The van der Waals surface area contributed by atoms with Gasteiger partial charge < -0.3 is 24.8 Å². The van der Waals surface area contributed by atoms with Crippen molar-refractivity contribution >= 4 is 11.0 Å². The largest absolute Gasteiger partial charge is 0.508 e. The Morgan fingerprint density at radius 1 is 0.857 bits per heavy atom. The first-order chi connectivity index (χ1) is 9.97. The van der Waals surface area contributed by atoms with Gasteiger partial charge in [0.1, 0.15) is 28.2 Å². The maximum atomic E-state index is 12.1. The molecule has 0 fully saturated rings. The minimum atomic E-state index is -0.808. The van der Waals surface area contributed by atoms with E-state index in [9.17, 15) is 25.2 Å². The van der Waals surface area contributed by atoms with Crippen LogP contribution in [0.1, 0.15) is 0 Å². The van der Waals surface area contributed by atoms with E-state index in [0.717, 1.165) is 6.07 Å². The molecule has 3 aromatic rings. The van der Waals surface area contributed by atoms with E-state index >= 15 is 0 Å². The van der Waals surface area contributed by atoms with Gasteiger partial charge in [0.25, 0.3) is 0 Å². The topological polar surface area (TPSA) is 111 Å². The summed E-state index contributed by atoms with van der Waals surface area (Å²) in [6, 6.07) is 7.82. The predicted molar refractivity (Wildman–Crippen MR) is 74.6 cm³/mol. The van der Waals surface area contributed by atoms with Crippen LogP contribution < -0.4 is 5.43 Å². The molecule has 1 heterocycles. The Hall–Kier alpha value is -3.15. The Kier molecular flexibility index (Phi) is 2.72. The molecule has 2 aromatic carbocycles. The fraction of sp³-hybridized carbons (Fsp3) is 0. The number of benzene rings is 2. The third-order valence-corrected chi connectivity index (χ3v) is 3.06. The lowest BCUT2D eigenvalue weighted by molar-refractivity contribution is 0.438. The summed E-state index contributed by atoms with van der Waals surface area (Å²) < 4.78 is 5.41. The molecular formula is C15H10O6. The molecule has 0 radical (unpaired) electrons. The van der Waals surface area contributed by atoms with Gasteiger partial charge in [-0.15, -0.1) is 0 Å². The average Bonchev–Trinajstić information content (AvgIpc) is 2.43. The molecule has 0 atom stereocenters. The second-order valence-corrected chi connectivity index (χ2v) is 4.49. The van der Waals surface area contributed by atoms with Crippen LogP contribution in [0.15, 0.2) is 45.6 Å². The molecule has 4 N–H and O–H groups in total. The lowest BCUT2D eigenvalue weighted by Gasteiger charge is -2.07. The average molecular weight is 292 g/mol. The predicted octanol–water partition coefficient (Wildman–Crippen LogP) is 2.28. The SMILES string of the molecule is O=c1c(O)c(-c2ccc(O)cc2)o[13c]2[13cH][13c](O)[13cH][13c](O)[13c]12. The Balaban J connectivity index is 2.37. The third kappa shape index (κ3) is 2.02. The van der Waals surface area contributed by atoms with E-state index in [1.54, 1.807) is 0 Å². The minimum absolute atomic E-state index is 0.0247. The number of rotatable bonds is 1. The van der Waals surface area contributed by atoms with Gasteiger partial charge in [-0.1, -0.05) is 0 Å². The Morgan fingerprint density at radius 2 is 1.52 bits per heavy atom. The Bertz CT molecular complexity index is 893. The van der Waals surface area contributed by atoms with Crippen LogP contribution in [0, 0.1) is 0 Å². The van der Waals surface area contributed by atoms with E-state index in [4.69, 9.17) is 4.42 Å². The van der Waals surface area contributed by atoms with Gasteiger partial charge in [0.15, 0.2) is 5.76 Å². The molecular weight excluding hydrogens is 282 g/mol. The maximum absolute atomic E-state index is 12.1. The summed E-state index contributed by atoms with van der Waals surface area (Å²) in [4.78, 5) is 12.1. The van der Waals surface area contributed by atoms with Gasteiger partial charge in [-0.05, 0) is 24.3 Å². The summed E-state index contributed by atoms with van der Waals surface area (Å²) >= 11 is 0. The molecule has 3 rings (SSSR count). The van der Waals surface area contributed by atoms with Crippen LogP contribution in [0.4, 0.5) is 0 Å². The smallest absolute Gasteiger partial charge is 0.238 e. The lowest BCUT2D eigenvalue weighted by Crippen LogP contribution is -2.02. The second kappa shape index (κ2) is 4.45. The van der Waals surface area contributed by atoms with Crippen molar-refractivity contribution in [1.29, 1.82) is 0 Å². The van der Waals surface area contributed by atoms with Crippen molar-refractivity contribution in [3.8, 4) is 34.3 Å². The van der Waals surface area contributed by atoms with Gasteiger partial charge in [-0.3, -0.25) is 4.79 Å². The molecule has 0 saturated heterocycles. The zero-order chi connectivity index (χ0) is 15.1. The highest BCUT2D eigenvalue weighted by molar-refractivity contribution is 5.88. The lowest BCUT2D eigenvalue weighted by atomic mass is 10.1. The number of hydrogen-bond donors (Lipinski definition) is 4. The van der Waals surface area contributed by atoms with Crippen LogP contribution in [0.5, 0.6) is 23.0 Å². The molecule has 0 bridgehead atoms. The molecule has 1 aromatic heterocycles. The van der Waals surface area contributed by atoms with E-state index < -0.39 is 16.9 Å². The van der Waals surface area contributed by atoms with Gasteiger partial charge in [0.2, 0.25) is 11.2 Å². The van der Waals surface area contributed by atoms with Crippen LogP contribution in [0.3, 0.4) is 0 Å². The maximum Gasteiger partial charge on any atom is 0.238 e. The van der Waals surface area contributed by atoms with Gasteiger partial charge in [-0.25, -0.2) is 0 Å². The highest BCUT2D eigenvalue weighted by atomic mass is 16.4. The fourth-order valence-electron chi connectivity index (χ4n) is 2.08. The summed E-state index contributed by atoms with van der Waals surface area (Å²) in [5, 5.41) is 38.1. The molecule has 0 amide bonds. The van der Waals surface area contributed by atoms with Gasteiger partial charge in [0.05, 0.1) is 0 Å². The molecule has 0 aliphatic carbocycles. The van der Waals surface area contributed by atoms with Crippen LogP contribution in [-0.4, -0.2) is 20.4 Å². The van der Waals surface area contributed by atoms with Crippen molar-refractivity contribution in [2.75, 3.05) is 0 Å². The van der Waals surface area contributed by atoms with E-state index in [1.807, 2.05) is 0 Å². The molecule has 0 spiro atoms. The zero-order valence-corrected chi connectivity index (χ0v) is 10.6. The van der Waals surface area contributed by atoms with Crippen molar-refractivity contribution < 1.29 is 24.8 Å². The summed E-state index contributed by atoms with van der Waals surface area (Å²) in [6.07, 6.45) is 0. The molecule has 0 saturated carbocycles. The first-order valence-corrected chi connectivity index (χ1v) is 5.98. The van der Waals surface area contributed by atoms with Crippen molar-refractivity contribution in [2.24, 2.45) is 0 Å².